The fourth-order valence-corrected chi connectivity index (χ4v) is 3.29. The zero-order valence-corrected chi connectivity index (χ0v) is 18.2. The zero-order valence-electron chi connectivity index (χ0n) is 17.5. The van der Waals surface area contributed by atoms with Gasteiger partial charge in [0, 0.05) is 17.6 Å². The molecule has 1 aromatic heterocycles. The maximum atomic E-state index is 13.7. The number of hydrogen-bond donors (Lipinski definition) is 2. The first-order valence-corrected chi connectivity index (χ1v) is 10.0. The molecule has 1 amide bonds. The number of allylic oxidation sites excluding steroid dienone is 3. The molecule has 1 atom stereocenters. The molecule has 0 spiro atoms. The number of alkyl halides is 3. The Morgan fingerprint density at radius 1 is 1.30 bits per heavy atom. The van der Waals surface area contributed by atoms with E-state index in [1.165, 1.54) is 31.3 Å². The van der Waals surface area contributed by atoms with Crippen LogP contribution in [-0.4, -0.2) is 32.8 Å². The van der Waals surface area contributed by atoms with Crippen LogP contribution < -0.4 is 10.1 Å². The van der Waals surface area contributed by atoms with Crippen LogP contribution in [0.2, 0.25) is 5.02 Å². The molecule has 0 bridgehead atoms. The van der Waals surface area contributed by atoms with E-state index < -0.39 is 41.2 Å². The number of benzene rings is 1. The number of nitrogens with zero attached hydrogens (tertiary/aromatic N) is 2. The molecular formula is C22H19ClF3N3O4. The summed E-state index contributed by atoms with van der Waals surface area (Å²) in [6, 6.07) is 5.23. The van der Waals surface area contributed by atoms with E-state index in [4.69, 9.17) is 21.4 Å². The van der Waals surface area contributed by atoms with Crippen molar-refractivity contribution in [1.29, 1.82) is 0 Å². The summed E-state index contributed by atoms with van der Waals surface area (Å²) in [5.41, 5.74) is -1.53. The van der Waals surface area contributed by atoms with Crippen molar-refractivity contribution in [3.8, 4) is 11.6 Å². The first kappa shape index (κ1) is 24.1. The number of aryl methyl sites for hydroxylation is 1. The molecule has 0 saturated carbocycles. The Morgan fingerprint density at radius 2 is 2.03 bits per heavy atom. The van der Waals surface area contributed by atoms with Crippen LogP contribution in [0.25, 0.3) is 0 Å². The lowest BCUT2D eigenvalue weighted by molar-refractivity contribution is -0.141. The van der Waals surface area contributed by atoms with E-state index in [9.17, 15) is 22.8 Å². The van der Waals surface area contributed by atoms with E-state index in [0.29, 0.717) is 10.6 Å². The highest BCUT2D eigenvalue weighted by Gasteiger charge is 2.42. The fourth-order valence-electron chi connectivity index (χ4n) is 3.11. The van der Waals surface area contributed by atoms with Gasteiger partial charge in [-0.1, -0.05) is 42.0 Å². The molecular weight excluding hydrogens is 463 g/mol. The predicted molar refractivity (Wildman–Crippen MR) is 114 cm³/mol. The van der Waals surface area contributed by atoms with Gasteiger partial charge >= 0.3 is 12.1 Å². The molecule has 0 radical (unpaired) electrons. The van der Waals surface area contributed by atoms with Crippen molar-refractivity contribution in [2.75, 3.05) is 0 Å². The highest BCUT2D eigenvalue weighted by atomic mass is 35.5. The average molecular weight is 482 g/mol. The first-order chi connectivity index (χ1) is 15.5. The molecule has 7 nitrogen and oxygen atoms in total. The van der Waals surface area contributed by atoms with E-state index in [0.717, 1.165) is 4.68 Å². The predicted octanol–water partition coefficient (Wildman–Crippen LogP) is 4.90. The number of carbonyl (C=O) groups excluding carboxylic acids is 1. The average Bonchev–Trinajstić information content (AvgIpc) is 2.89. The largest absolute Gasteiger partial charge is 0.478 e. The lowest BCUT2D eigenvalue weighted by atomic mass is 10.1. The molecule has 1 aliphatic rings. The topological polar surface area (TPSA) is 93.5 Å². The van der Waals surface area contributed by atoms with E-state index in [2.05, 4.69) is 10.4 Å². The highest BCUT2D eigenvalue weighted by molar-refractivity contribution is 6.30. The van der Waals surface area contributed by atoms with Gasteiger partial charge in [0.15, 0.2) is 5.69 Å². The Morgan fingerprint density at radius 3 is 2.67 bits per heavy atom. The van der Waals surface area contributed by atoms with Crippen molar-refractivity contribution in [3.05, 3.63) is 76.0 Å². The quantitative estimate of drug-likeness (QED) is 0.612. The van der Waals surface area contributed by atoms with Crippen molar-refractivity contribution in [1.82, 2.24) is 15.1 Å². The number of aromatic nitrogens is 2. The van der Waals surface area contributed by atoms with Crippen molar-refractivity contribution in [3.63, 3.8) is 0 Å². The van der Waals surface area contributed by atoms with Crippen LogP contribution in [-0.2, 0) is 18.0 Å². The fraction of sp³-hybridized carbons (Fsp3) is 0.227. The number of ether oxygens (including phenoxy) is 1. The third kappa shape index (κ3) is 5.64. The summed E-state index contributed by atoms with van der Waals surface area (Å²) in [5, 5.41) is 15.4. The number of amides is 1. The number of carbonyl (C=O) groups is 2. The van der Waals surface area contributed by atoms with Gasteiger partial charge in [-0.25, -0.2) is 9.48 Å². The lowest BCUT2D eigenvalue weighted by Gasteiger charge is -2.16. The van der Waals surface area contributed by atoms with Gasteiger partial charge in [0.25, 0.3) is 5.91 Å². The number of rotatable bonds is 6. The summed E-state index contributed by atoms with van der Waals surface area (Å²) in [5.74, 6) is -2.42. The Balaban J connectivity index is 1.95. The van der Waals surface area contributed by atoms with Gasteiger partial charge in [0.1, 0.15) is 11.3 Å². The third-order valence-electron chi connectivity index (χ3n) is 4.75. The minimum Gasteiger partial charge on any atom is -0.478 e. The molecule has 1 aromatic carbocycles. The smallest absolute Gasteiger partial charge is 0.436 e. The van der Waals surface area contributed by atoms with Crippen LogP contribution >= 0.6 is 11.6 Å². The molecule has 0 saturated heterocycles. The van der Waals surface area contributed by atoms with Crippen LogP contribution in [0.5, 0.6) is 11.6 Å². The molecule has 0 fully saturated rings. The van der Waals surface area contributed by atoms with E-state index in [1.54, 1.807) is 31.2 Å². The first-order valence-electron chi connectivity index (χ1n) is 9.66. The molecule has 1 heterocycles. The number of carboxylic acid groups (broad SMARTS) is 1. The normalized spacial score (nSPS) is 14.7. The molecule has 2 N–H and O–H groups in total. The number of aliphatic carboxylic acids is 1. The van der Waals surface area contributed by atoms with Gasteiger partial charge in [-0.3, -0.25) is 4.79 Å². The van der Waals surface area contributed by atoms with Crippen molar-refractivity contribution < 1.29 is 32.6 Å². The van der Waals surface area contributed by atoms with Crippen LogP contribution in [0.1, 0.15) is 29.4 Å². The summed E-state index contributed by atoms with van der Waals surface area (Å²) in [6.45, 7) is 1.56. The van der Waals surface area contributed by atoms with Crippen molar-refractivity contribution >= 4 is 23.5 Å². The third-order valence-corrected chi connectivity index (χ3v) is 4.98. The maximum absolute atomic E-state index is 13.7. The number of nitrogens with one attached hydrogen (secondary N) is 1. The van der Waals surface area contributed by atoms with Gasteiger partial charge in [0.05, 0.1) is 6.04 Å². The molecule has 11 heteroatoms. The van der Waals surface area contributed by atoms with E-state index in [-0.39, 0.29) is 17.7 Å². The second-order valence-electron chi connectivity index (χ2n) is 7.17. The Bertz CT molecular complexity index is 1180. The second kappa shape index (κ2) is 9.53. The molecule has 0 aliphatic heterocycles. The number of carboxylic acids is 1. The molecule has 174 valence electrons. The minimum atomic E-state index is -4.91. The summed E-state index contributed by atoms with van der Waals surface area (Å²) in [4.78, 5) is 24.1. The summed E-state index contributed by atoms with van der Waals surface area (Å²) >= 11 is 5.91. The summed E-state index contributed by atoms with van der Waals surface area (Å²) < 4.78 is 47.3. The van der Waals surface area contributed by atoms with Gasteiger partial charge in [0.2, 0.25) is 5.88 Å². The maximum Gasteiger partial charge on any atom is 0.436 e. The molecule has 1 aliphatic carbocycles. The van der Waals surface area contributed by atoms with Crippen LogP contribution in [0, 0.1) is 0 Å². The Hall–Kier alpha value is -3.53. The lowest BCUT2D eigenvalue weighted by Crippen LogP contribution is -2.34. The van der Waals surface area contributed by atoms with Gasteiger partial charge in [-0.2, -0.15) is 18.3 Å². The Labute approximate surface area is 191 Å². The zero-order chi connectivity index (χ0) is 24.3. The molecule has 33 heavy (non-hydrogen) atoms. The summed E-state index contributed by atoms with van der Waals surface area (Å²) in [6.07, 6.45) is 1.35. The second-order valence-corrected chi connectivity index (χ2v) is 7.61. The SMILES string of the molecule is C[C@H](NC(=O)c1c(C(F)(F)F)nn(C)c1Oc1cccc(Cl)c1)C1=CC=C(C(=O)O)CC=C1. The van der Waals surface area contributed by atoms with Crippen LogP contribution in [0.3, 0.4) is 0 Å². The van der Waals surface area contributed by atoms with Gasteiger partial charge < -0.3 is 15.2 Å². The number of hydrogen-bond acceptors (Lipinski definition) is 4. The monoisotopic (exact) mass is 481 g/mol. The van der Waals surface area contributed by atoms with Crippen molar-refractivity contribution in [2.45, 2.75) is 25.6 Å². The van der Waals surface area contributed by atoms with Gasteiger partial charge in [-0.15, -0.1) is 0 Å². The minimum absolute atomic E-state index is 0.127. The van der Waals surface area contributed by atoms with Crippen LogP contribution in [0.15, 0.2) is 59.7 Å². The summed E-state index contributed by atoms with van der Waals surface area (Å²) in [7, 11) is 1.23. The molecule has 2 aromatic rings. The van der Waals surface area contributed by atoms with Crippen molar-refractivity contribution in [2.24, 2.45) is 7.05 Å². The highest BCUT2D eigenvalue weighted by Crippen LogP contribution is 2.37. The van der Waals surface area contributed by atoms with Gasteiger partial charge in [-0.05, 0) is 37.1 Å². The standard InChI is InChI=1S/C22H19ClF3N3O4/c1-12(13-5-3-6-14(10-9-13)21(31)32)27-19(30)17-18(22(24,25)26)28-29(2)20(17)33-16-8-4-7-15(23)11-16/h3-5,7-12H,6H2,1-2H3,(H,27,30)(H,31,32)/t12-/m0/s1. The molecule has 0 unspecified atom stereocenters. The van der Waals surface area contributed by atoms with Crippen LogP contribution in [0.4, 0.5) is 13.2 Å². The van der Waals surface area contributed by atoms with E-state index >= 15 is 0 Å². The number of halogens is 4. The Kier molecular flexibility index (Phi) is 6.97. The van der Waals surface area contributed by atoms with E-state index in [1.807, 2.05) is 0 Å². The molecule has 3 rings (SSSR count).